The van der Waals surface area contributed by atoms with Gasteiger partial charge in [-0.3, -0.25) is 9.59 Å². The number of rotatable bonds is 60. The van der Waals surface area contributed by atoms with Gasteiger partial charge in [-0.2, -0.15) is 0 Å². The third-order valence-corrected chi connectivity index (χ3v) is 16.2. The van der Waals surface area contributed by atoms with Crippen molar-refractivity contribution in [2.45, 2.75) is 371 Å². The molecule has 0 spiro atoms. The van der Waals surface area contributed by atoms with Crippen LogP contribution in [0.5, 0.6) is 0 Å². The average Bonchev–Trinajstić information content (AvgIpc) is 3.47. The van der Waals surface area contributed by atoms with E-state index in [2.05, 4.69) is 43.5 Å². The maximum absolute atomic E-state index is 13.1. The fourth-order valence-electron chi connectivity index (χ4n) is 10.8. The molecule has 470 valence electrons. The minimum Gasteiger partial charge on any atom is -0.466 e. The lowest BCUT2D eigenvalue weighted by Crippen LogP contribution is -2.60. The number of nitrogens with one attached hydrogen (secondary N) is 1. The highest BCUT2D eigenvalue weighted by molar-refractivity contribution is 5.76. The monoisotopic (exact) mass is 1130 g/mol. The summed E-state index contributed by atoms with van der Waals surface area (Å²) in [6, 6.07) is -0.828. The molecule has 0 aliphatic carbocycles. The van der Waals surface area contributed by atoms with Crippen LogP contribution in [0.4, 0.5) is 0 Å². The zero-order chi connectivity index (χ0) is 58.0. The highest BCUT2D eigenvalue weighted by Gasteiger charge is 2.44. The molecule has 1 rings (SSSR count). The summed E-state index contributed by atoms with van der Waals surface area (Å²) in [5, 5.41) is 54.5. The average molecular weight is 1130 g/mol. The van der Waals surface area contributed by atoms with Gasteiger partial charge in [-0.15, -0.1) is 0 Å². The minimum absolute atomic E-state index is 0.00513. The SMILES string of the molecule is CCCCCCCCCC/C=C/CC/C=C/C(O)C(COC1OC(CO)C(O)C(O)C1O)NC(=O)CCCCCCCCCCCCC/C=C\CCCCCCCCCCCCCCOC(=O)CCCCCCCCCCCCC. The Balaban J connectivity index is 2.02. The summed E-state index contributed by atoms with van der Waals surface area (Å²) < 4.78 is 16.7. The molecular weight excluding hydrogens is 1000 g/mol. The van der Waals surface area contributed by atoms with E-state index in [0.29, 0.717) is 19.4 Å². The number of aliphatic hydroxyl groups excluding tert-OH is 5. The van der Waals surface area contributed by atoms with Crippen LogP contribution in [0.3, 0.4) is 0 Å². The highest BCUT2D eigenvalue weighted by Crippen LogP contribution is 2.23. The second-order valence-electron chi connectivity index (χ2n) is 23.9. The zero-order valence-electron chi connectivity index (χ0n) is 52.1. The van der Waals surface area contributed by atoms with Crippen molar-refractivity contribution in [1.82, 2.24) is 5.32 Å². The highest BCUT2D eigenvalue weighted by atomic mass is 16.7. The van der Waals surface area contributed by atoms with Crippen LogP contribution in [-0.2, 0) is 23.8 Å². The Morgan fingerprint density at radius 2 is 0.812 bits per heavy atom. The van der Waals surface area contributed by atoms with Crippen molar-refractivity contribution in [1.29, 1.82) is 0 Å². The first-order valence-electron chi connectivity index (χ1n) is 34.3. The van der Waals surface area contributed by atoms with Crippen LogP contribution in [-0.4, -0.2) is 100 Å². The van der Waals surface area contributed by atoms with E-state index in [4.69, 9.17) is 14.2 Å². The predicted molar refractivity (Wildman–Crippen MR) is 334 cm³/mol. The number of allylic oxidation sites excluding steroid dienone is 5. The Morgan fingerprint density at radius 3 is 1.24 bits per heavy atom. The van der Waals surface area contributed by atoms with Crippen LogP contribution in [0.15, 0.2) is 36.5 Å². The molecule has 0 radical (unpaired) electrons. The Hall–Kier alpha value is -2.12. The Morgan fingerprint density at radius 1 is 0.450 bits per heavy atom. The van der Waals surface area contributed by atoms with Gasteiger partial charge in [-0.1, -0.05) is 281 Å². The van der Waals surface area contributed by atoms with Gasteiger partial charge in [0, 0.05) is 12.8 Å². The zero-order valence-corrected chi connectivity index (χ0v) is 52.1. The van der Waals surface area contributed by atoms with Crippen LogP contribution < -0.4 is 5.32 Å². The summed E-state index contributed by atoms with van der Waals surface area (Å²) >= 11 is 0. The fourth-order valence-corrected chi connectivity index (χ4v) is 10.8. The van der Waals surface area contributed by atoms with E-state index in [1.54, 1.807) is 6.08 Å². The smallest absolute Gasteiger partial charge is 0.305 e. The third-order valence-electron chi connectivity index (χ3n) is 16.2. The second-order valence-corrected chi connectivity index (χ2v) is 23.9. The quantitative estimate of drug-likeness (QED) is 0.0195. The lowest BCUT2D eigenvalue weighted by atomic mass is 9.99. The molecule has 0 aromatic carbocycles. The normalized spacial score (nSPS) is 18.5. The van der Waals surface area contributed by atoms with E-state index in [0.717, 1.165) is 57.8 Å². The van der Waals surface area contributed by atoms with E-state index in [1.807, 2.05) is 6.08 Å². The lowest BCUT2D eigenvalue weighted by molar-refractivity contribution is -0.302. The van der Waals surface area contributed by atoms with Crippen LogP contribution >= 0.6 is 0 Å². The molecule has 0 aromatic heterocycles. The molecule has 0 bridgehead atoms. The summed E-state index contributed by atoms with van der Waals surface area (Å²) in [6.07, 6.45) is 64.1. The van der Waals surface area contributed by atoms with Gasteiger partial charge in [-0.05, 0) is 70.6 Å². The van der Waals surface area contributed by atoms with E-state index < -0.39 is 49.5 Å². The van der Waals surface area contributed by atoms with Crippen molar-refractivity contribution in [2.24, 2.45) is 0 Å². The number of carbonyl (C=O) groups is 2. The van der Waals surface area contributed by atoms with Gasteiger partial charge in [0.15, 0.2) is 6.29 Å². The molecule has 1 amide bonds. The van der Waals surface area contributed by atoms with Crippen molar-refractivity contribution >= 4 is 11.9 Å². The number of esters is 1. The Labute approximate surface area is 492 Å². The molecule has 7 unspecified atom stereocenters. The van der Waals surface area contributed by atoms with Crippen LogP contribution in [0, 0.1) is 0 Å². The molecule has 7 atom stereocenters. The first kappa shape index (κ1) is 75.9. The molecule has 1 saturated heterocycles. The molecule has 80 heavy (non-hydrogen) atoms. The number of unbranched alkanes of at least 4 members (excludes halogenated alkanes) is 42. The molecule has 6 N–H and O–H groups in total. The maximum atomic E-state index is 13.1. The van der Waals surface area contributed by atoms with E-state index in [9.17, 15) is 35.1 Å². The predicted octanol–water partition coefficient (Wildman–Crippen LogP) is 17.0. The number of aliphatic hydroxyl groups is 5. The van der Waals surface area contributed by atoms with Crippen LogP contribution in [0.25, 0.3) is 0 Å². The number of hydrogen-bond donors (Lipinski definition) is 6. The summed E-state index contributed by atoms with van der Waals surface area (Å²) in [6.45, 7) is 4.35. The van der Waals surface area contributed by atoms with Gasteiger partial charge in [0.25, 0.3) is 0 Å². The van der Waals surface area contributed by atoms with Crippen LogP contribution in [0.1, 0.15) is 328 Å². The number of ether oxygens (including phenoxy) is 3. The lowest BCUT2D eigenvalue weighted by Gasteiger charge is -2.40. The molecule has 0 aromatic rings. The molecule has 11 heteroatoms. The summed E-state index contributed by atoms with van der Waals surface area (Å²) in [5.41, 5.74) is 0. The number of carbonyl (C=O) groups excluding carboxylic acids is 2. The molecule has 1 aliphatic rings. The molecule has 0 saturated carbocycles. The van der Waals surface area contributed by atoms with Gasteiger partial charge in [0.2, 0.25) is 5.91 Å². The fraction of sp³-hybridized carbons (Fsp3) is 0.884. The minimum atomic E-state index is -1.58. The van der Waals surface area contributed by atoms with E-state index >= 15 is 0 Å². The molecule has 11 nitrogen and oxygen atoms in total. The van der Waals surface area contributed by atoms with Gasteiger partial charge in [-0.25, -0.2) is 0 Å². The first-order valence-corrected chi connectivity index (χ1v) is 34.3. The van der Waals surface area contributed by atoms with Crippen molar-refractivity contribution in [3.05, 3.63) is 36.5 Å². The Kier molecular flexibility index (Phi) is 55.6. The van der Waals surface area contributed by atoms with Crippen molar-refractivity contribution in [3.8, 4) is 0 Å². The maximum Gasteiger partial charge on any atom is 0.305 e. The summed E-state index contributed by atoms with van der Waals surface area (Å²) in [4.78, 5) is 25.1. The van der Waals surface area contributed by atoms with Crippen molar-refractivity contribution in [3.63, 3.8) is 0 Å². The molecular formula is C69H129NO10. The second kappa shape index (κ2) is 58.6. The van der Waals surface area contributed by atoms with Gasteiger partial charge in [0.05, 0.1) is 32.0 Å². The van der Waals surface area contributed by atoms with E-state index in [-0.39, 0.29) is 18.5 Å². The molecule has 1 fully saturated rings. The third kappa shape index (κ3) is 47.3. The van der Waals surface area contributed by atoms with Gasteiger partial charge in [0.1, 0.15) is 24.4 Å². The standard InChI is InChI=1S/C69H129NO10/c1-3-5-7-9-11-13-15-16-32-36-39-43-47-51-55-62(72)61(60-79-69-68(77)67(76)66(75)63(59-71)80-69)70-64(73)56-52-48-44-40-37-33-30-28-26-24-22-20-18-17-19-21-23-25-27-29-31-34-38-42-46-50-54-58-78-65(74)57-53-49-45-41-35-14-12-10-8-6-4-2/h17-18,36,39,51,55,61-63,66-69,71-72,75-77H,3-16,19-35,37-38,40-50,52-54,56-60H2,1-2H3,(H,70,73)/b18-17-,39-36+,55-51+. The first-order chi connectivity index (χ1) is 39.2. The number of amides is 1. The largest absolute Gasteiger partial charge is 0.466 e. The van der Waals surface area contributed by atoms with Gasteiger partial charge >= 0.3 is 5.97 Å². The number of hydrogen-bond acceptors (Lipinski definition) is 10. The van der Waals surface area contributed by atoms with Crippen molar-refractivity contribution < 1.29 is 49.3 Å². The molecule has 1 heterocycles. The topological polar surface area (TPSA) is 175 Å². The van der Waals surface area contributed by atoms with Crippen LogP contribution in [0.2, 0.25) is 0 Å². The summed E-state index contributed by atoms with van der Waals surface area (Å²) in [7, 11) is 0. The molecule has 1 aliphatic heterocycles. The Bertz CT molecular complexity index is 1420. The van der Waals surface area contributed by atoms with Gasteiger partial charge < -0.3 is 45.1 Å². The summed E-state index contributed by atoms with van der Waals surface area (Å²) in [5.74, 6) is -0.186. The van der Waals surface area contributed by atoms with Crippen molar-refractivity contribution in [2.75, 3.05) is 19.8 Å². The van der Waals surface area contributed by atoms with E-state index in [1.165, 1.54) is 244 Å².